The third-order valence-electron chi connectivity index (χ3n) is 3.40. The molecule has 3 nitrogen and oxygen atoms in total. The lowest BCUT2D eigenvalue weighted by molar-refractivity contribution is 0.0992. The number of nitrogens with zero attached hydrogens (tertiary/aromatic N) is 2. The molecule has 0 fully saturated rings. The summed E-state index contributed by atoms with van der Waals surface area (Å²) in [7, 11) is 1.84. The van der Waals surface area contributed by atoms with E-state index in [0.717, 1.165) is 10.9 Å². The molecule has 0 amide bonds. The maximum atomic E-state index is 13.1. The Morgan fingerprint density at radius 2 is 2.05 bits per heavy atom. The van der Waals surface area contributed by atoms with Crippen molar-refractivity contribution < 1.29 is 9.18 Å². The van der Waals surface area contributed by atoms with Gasteiger partial charge in [-0.1, -0.05) is 29.8 Å². The van der Waals surface area contributed by atoms with Crippen LogP contribution in [-0.2, 0) is 13.5 Å². The number of ketones is 1. The highest BCUT2D eigenvalue weighted by molar-refractivity contribution is 6.31. The molecule has 106 valence electrons. The van der Waals surface area contributed by atoms with E-state index in [4.69, 9.17) is 11.6 Å². The zero-order valence-corrected chi connectivity index (χ0v) is 12.1. The van der Waals surface area contributed by atoms with Crippen molar-refractivity contribution in [3.05, 3.63) is 64.6 Å². The first-order valence-electron chi connectivity index (χ1n) is 6.45. The molecule has 1 aromatic heterocycles. The number of halogens is 2. The van der Waals surface area contributed by atoms with Gasteiger partial charge >= 0.3 is 0 Å². The third-order valence-corrected chi connectivity index (χ3v) is 3.69. The first kappa shape index (κ1) is 13.8. The number of para-hydroxylation sites is 1. The van der Waals surface area contributed by atoms with Crippen molar-refractivity contribution in [3.8, 4) is 0 Å². The highest BCUT2D eigenvalue weighted by atomic mass is 35.5. The fourth-order valence-corrected chi connectivity index (χ4v) is 2.52. The van der Waals surface area contributed by atoms with E-state index in [1.54, 1.807) is 4.68 Å². The number of benzene rings is 2. The van der Waals surface area contributed by atoms with Gasteiger partial charge < -0.3 is 0 Å². The fraction of sp³-hybridized carbons (Fsp3) is 0.125. The van der Waals surface area contributed by atoms with E-state index < -0.39 is 5.82 Å². The molecule has 0 aliphatic carbocycles. The Morgan fingerprint density at radius 1 is 1.29 bits per heavy atom. The Morgan fingerprint density at radius 3 is 2.81 bits per heavy atom. The molecule has 5 heteroatoms. The summed E-state index contributed by atoms with van der Waals surface area (Å²) < 4.78 is 14.9. The number of Topliss-reactive ketones (excluding diaryl/α,β-unsaturated/α-hetero) is 1. The highest BCUT2D eigenvalue weighted by Crippen LogP contribution is 2.21. The predicted molar refractivity (Wildman–Crippen MR) is 80.2 cm³/mol. The monoisotopic (exact) mass is 302 g/mol. The van der Waals surface area contributed by atoms with Crippen molar-refractivity contribution in [1.82, 2.24) is 9.78 Å². The number of hydrogen-bond acceptors (Lipinski definition) is 2. The van der Waals surface area contributed by atoms with E-state index >= 15 is 0 Å². The molecule has 0 atom stereocenters. The molecule has 0 aliphatic heterocycles. The Bertz CT molecular complexity index is 841. The van der Waals surface area contributed by atoms with Crippen LogP contribution in [0.4, 0.5) is 4.39 Å². The van der Waals surface area contributed by atoms with Crippen molar-refractivity contribution in [2.75, 3.05) is 0 Å². The summed E-state index contributed by atoms with van der Waals surface area (Å²) in [5.41, 5.74) is 2.06. The summed E-state index contributed by atoms with van der Waals surface area (Å²) in [5.74, 6) is -0.669. The lowest BCUT2D eigenvalue weighted by atomic mass is 10.0. The first-order valence-corrected chi connectivity index (χ1v) is 6.83. The van der Waals surface area contributed by atoms with Gasteiger partial charge in [-0.3, -0.25) is 9.48 Å². The minimum absolute atomic E-state index is 0.0493. The Labute approximate surface area is 126 Å². The summed E-state index contributed by atoms with van der Waals surface area (Å²) in [6, 6.07) is 11.7. The van der Waals surface area contributed by atoms with Crippen LogP contribution < -0.4 is 0 Å². The van der Waals surface area contributed by atoms with Crippen LogP contribution in [0.3, 0.4) is 0 Å². The average Bonchev–Trinajstić information content (AvgIpc) is 2.79. The van der Waals surface area contributed by atoms with Crippen molar-refractivity contribution in [2.24, 2.45) is 7.05 Å². The molecular formula is C16H12ClFN2O. The number of aryl methyl sites for hydroxylation is 1. The van der Waals surface area contributed by atoms with Gasteiger partial charge in [0.2, 0.25) is 0 Å². The number of aromatic nitrogens is 2. The number of hydrogen-bond donors (Lipinski definition) is 0. The number of fused-ring (bicyclic) bond motifs is 1. The topological polar surface area (TPSA) is 34.9 Å². The molecule has 0 bridgehead atoms. The minimum atomic E-state index is -0.531. The van der Waals surface area contributed by atoms with Gasteiger partial charge in [0.15, 0.2) is 5.78 Å². The molecule has 3 aromatic rings. The van der Waals surface area contributed by atoms with E-state index in [0.29, 0.717) is 11.3 Å². The van der Waals surface area contributed by atoms with Gasteiger partial charge in [0.05, 0.1) is 22.7 Å². The van der Waals surface area contributed by atoms with Crippen LogP contribution >= 0.6 is 11.6 Å². The van der Waals surface area contributed by atoms with Gasteiger partial charge in [-0.05, 0) is 24.3 Å². The van der Waals surface area contributed by atoms with E-state index in [2.05, 4.69) is 5.10 Å². The quantitative estimate of drug-likeness (QED) is 0.690. The molecule has 0 aliphatic rings. The van der Waals surface area contributed by atoms with Gasteiger partial charge in [-0.2, -0.15) is 5.10 Å². The van der Waals surface area contributed by atoms with Crippen LogP contribution in [0.15, 0.2) is 42.5 Å². The lowest BCUT2D eigenvalue weighted by Crippen LogP contribution is -2.05. The van der Waals surface area contributed by atoms with Crippen LogP contribution in [0.2, 0.25) is 5.02 Å². The van der Waals surface area contributed by atoms with Crippen molar-refractivity contribution in [3.63, 3.8) is 0 Å². The molecule has 0 radical (unpaired) electrons. The number of carbonyl (C=O) groups excluding carboxylic acids is 1. The highest BCUT2D eigenvalue weighted by Gasteiger charge is 2.14. The molecule has 21 heavy (non-hydrogen) atoms. The Kier molecular flexibility index (Phi) is 3.47. The van der Waals surface area contributed by atoms with Gasteiger partial charge in [-0.25, -0.2) is 4.39 Å². The van der Waals surface area contributed by atoms with Gasteiger partial charge in [-0.15, -0.1) is 0 Å². The van der Waals surface area contributed by atoms with Crippen LogP contribution in [0.5, 0.6) is 0 Å². The second-order valence-corrected chi connectivity index (χ2v) is 5.22. The van der Waals surface area contributed by atoms with Crippen molar-refractivity contribution >= 4 is 28.3 Å². The van der Waals surface area contributed by atoms with Crippen LogP contribution in [0.1, 0.15) is 16.1 Å². The third kappa shape index (κ3) is 2.54. The Balaban J connectivity index is 1.94. The summed E-state index contributed by atoms with van der Waals surface area (Å²) in [5, 5.41) is 5.28. The second-order valence-electron chi connectivity index (χ2n) is 4.82. The molecule has 0 unspecified atom stereocenters. The van der Waals surface area contributed by atoms with Gasteiger partial charge in [0, 0.05) is 18.0 Å². The SMILES string of the molecule is Cn1nc(CC(=O)c2ccc(F)c(Cl)c2)c2ccccc21. The lowest BCUT2D eigenvalue weighted by Gasteiger charge is -2.01. The standard InChI is InChI=1S/C16H12ClFN2O/c1-20-15-5-3-2-4-11(15)14(19-20)9-16(21)10-6-7-13(18)12(17)8-10/h2-8H,9H2,1H3. The molecule has 3 rings (SSSR count). The molecule has 0 spiro atoms. The van der Waals surface area contributed by atoms with Gasteiger partial charge in [0.25, 0.3) is 0 Å². The molecule has 1 heterocycles. The smallest absolute Gasteiger partial charge is 0.168 e. The molecule has 0 saturated heterocycles. The number of carbonyl (C=O) groups is 1. The van der Waals surface area contributed by atoms with Crippen LogP contribution in [0.25, 0.3) is 10.9 Å². The molecule has 2 aromatic carbocycles. The van der Waals surface area contributed by atoms with Crippen LogP contribution in [0, 0.1) is 5.82 Å². The largest absolute Gasteiger partial charge is 0.294 e. The average molecular weight is 303 g/mol. The van der Waals surface area contributed by atoms with Crippen molar-refractivity contribution in [1.29, 1.82) is 0 Å². The normalized spacial score (nSPS) is 11.0. The first-order chi connectivity index (χ1) is 10.1. The van der Waals surface area contributed by atoms with E-state index in [9.17, 15) is 9.18 Å². The van der Waals surface area contributed by atoms with Gasteiger partial charge in [0.1, 0.15) is 5.82 Å². The predicted octanol–water partition coefficient (Wildman–Crippen LogP) is 3.79. The van der Waals surface area contributed by atoms with E-state index in [1.807, 2.05) is 31.3 Å². The fourth-order valence-electron chi connectivity index (χ4n) is 2.34. The molecular weight excluding hydrogens is 291 g/mol. The van der Waals surface area contributed by atoms with Crippen molar-refractivity contribution in [2.45, 2.75) is 6.42 Å². The zero-order chi connectivity index (χ0) is 15.0. The second kappa shape index (κ2) is 5.30. The summed E-state index contributed by atoms with van der Waals surface area (Å²) in [6.45, 7) is 0. The zero-order valence-electron chi connectivity index (χ0n) is 11.3. The van der Waals surface area contributed by atoms with E-state index in [1.165, 1.54) is 18.2 Å². The minimum Gasteiger partial charge on any atom is -0.294 e. The molecule has 0 N–H and O–H groups in total. The van der Waals surface area contributed by atoms with E-state index in [-0.39, 0.29) is 17.2 Å². The summed E-state index contributed by atoms with van der Waals surface area (Å²) >= 11 is 5.71. The summed E-state index contributed by atoms with van der Waals surface area (Å²) in [4.78, 5) is 12.3. The molecule has 0 saturated carbocycles. The Hall–Kier alpha value is -2.20. The van der Waals surface area contributed by atoms with Crippen LogP contribution in [-0.4, -0.2) is 15.6 Å². The maximum absolute atomic E-state index is 13.1. The maximum Gasteiger partial charge on any atom is 0.168 e. The number of rotatable bonds is 3. The summed E-state index contributed by atoms with van der Waals surface area (Å²) in [6.07, 6.45) is 0.156.